The van der Waals surface area contributed by atoms with Gasteiger partial charge in [0.25, 0.3) is 0 Å². The summed E-state index contributed by atoms with van der Waals surface area (Å²) in [6, 6.07) is 0. The van der Waals surface area contributed by atoms with Crippen LogP contribution in [0.15, 0.2) is 0 Å². The van der Waals surface area contributed by atoms with Gasteiger partial charge in [0, 0.05) is 6.54 Å². The average Bonchev–Trinajstić information content (AvgIpc) is 1.98. The molecule has 0 aliphatic rings. The third-order valence-corrected chi connectivity index (χ3v) is 2.12. The summed E-state index contributed by atoms with van der Waals surface area (Å²) in [5.74, 6) is 0.708. The molecule has 0 aromatic heterocycles. The fraction of sp³-hybridized carbons (Fsp3) is 1.00. The van der Waals surface area contributed by atoms with Crippen molar-refractivity contribution < 1.29 is 4.74 Å². The Balaban J connectivity index is 3.82. The first kappa shape index (κ1) is 13.9. The van der Waals surface area contributed by atoms with Crippen molar-refractivity contribution in [1.29, 1.82) is 0 Å². The van der Waals surface area contributed by atoms with Crippen LogP contribution in [0.2, 0.25) is 0 Å². The van der Waals surface area contributed by atoms with Crippen LogP contribution >= 0.6 is 0 Å². The molecule has 0 radical (unpaired) electrons. The minimum absolute atomic E-state index is 0.0513. The van der Waals surface area contributed by atoms with Crippen LogP contribution in [-0.4, -0.2) is 24.8 Å². The summed E-state index contributed by atoms with van der Waals surface area (Å²) in [5, 5.41) is 3.32. The number of hydrogen-bond donors (Lipinski definition) is 1. The summed E-state index contributed by atoms with van der Waals surface area (Å²) in [6.07, 6.45) is 1.49. The van der Waals surface area contributed by atoms with E-state index in [4.69, 9.17) is 4.74 Å². The first-order valence-corrected chi connectivity index (χ1v) is 5.76. The van der Waals surface area contributed by atoms with Gasteiger partial charge in [-0.05, 0) is 39.7 Å². The highest BCUT2D eigenvalue weighted by Crippen LogP contribution is 2.16. The van der Waals surface area contributed by atoms with Crippen molar-refractivity contribution in [1.82, 2.24) is 5.32 Å². The minimum Gasteiger partial charge on any atom is -0.371 e. The van der Waals surface area contributed by atoms with Crippen LogP contribution in [0.3, 0.4) is 0 Å². The molecular weight excluding hydrogens is 174 g/mol. The van der Waals surface area contributed by atoms with Gasteiger partial charge in [-0.2, -0.15) is 0 Å². The highest BCUT2D eigenvalue weighted by Gasteiger charge is 2.21. The molecule has 0 aromatic rings. The third kappa shape index (κ3) is 7.34. The zero-order chi connectivity index (χ0) is 11.2. The van der Waals surface area contributed by atoms with Gasteiger partial charge in [-0.3, -0.25) is 0 Å². The Bertz CT molecular complexity index is 143. The Morgan fingerprint density at radius 3 is 2.21 bits per heavy atom. The molecule has 0 saturated carbocycles. The van der Waals surface area contributed by atoms with Crippen molar-refractivity contribution >= 4 is 0 Å². The summed E-state index contributed by atoms with van der Waals surface area (Å²) >= 11 is 0. The van der Waals surface area contributed by atoms with E-state index in [1.54, 1.807) is 0 Å². The monoisotopic (exact) mass is 201 g/mol. The molecule has 0 fully saturated rings. The van der Waals surface area contributed by atoms with E-state index in [1.807, 2.05) is 0 Å². The number of likely N-dealkylation sites (N-methyl/N-ethyl adjacent to an activating group) is 1. The standard InChI is InChI=1S/C12H27NO/c1-7-13-9-12(5,6)14-11(4)8-10(2)3/h10-11,13H,7-9H2,1-6H3. The van der Waals surface area contributed by atoms with E-state index in [1.165, 1.54) is 0 Å². The number of rotatable bonds is 7. The van der Waals surface area contributed by atoms with E-state index < -0.39 is 0 Å². The van der Waals surface area contributed by atoms with Crippen LogP contribution in [0.5, 0.6) is 0 Å². The second kappa shape index (κ2) is 6.41. The Morgan fingerprint density at radius 2 is 1.79 bits per heavy atom. The van der Waals surface area contributed by atoms with Crippen molar-refractivity contribution in [2.75, 3.05) is 13.1 Å². The molecule has 0 aliphatic heterocycles. The van der Waals surface area contributed by atoms with Crippen LogP contribution in [-0.2, 0) is 4.74 Å². The Hall–Kier alpha value is -0.0800. The predicted octanol–water partition coefficient (Wildman–Crippen LogP) is 2.83. The third-order valence-electron chi connectivity index (χ3n) is 2.12. The van der Waals surface area contributed by atoms with E-state index in [0.717, 1.165) is 19.5 Å². The second-order valence-corrected chi connectivity index (χ2v) is 5.10. The van der Waals surface area contributed by atoms with Gasteiger partial charge < -0.3 is 10.1 Å². The normalized spacial score (nSPS) is 14.8. The van der Waals surface area contributed by atoms with Gasteiger partial charge in [0.05, 0.1) is 11.7 Å². The van der Waals surface area contributed by atoms with Gasteiger partial charge in [-0.15, -0.1) is 0 Å². The number of nitrogens with one attached hydrogen (secondary N) is 1. The molecule has 1 atom stereocenters. The van der Waals surface area contributed by atoms with Crippen LogP contribution in [0.1, 0.15) is 48.0 Å². The summed E-state index contributed by atoms with van der Waals surface area (Å²) in [6.45, 7) is 15.0. The quantitative estimate of drug-likeness (QED) is 0.684. The van der Waals surface area contributed by atoms with Gasteiger partial charge in [0.15, 0.2) is 0 Å². The van der Waals surface area contributed by atoms with Crippen LogP contribution in [0.4, 0.5) is 0 Å². The van der Waals surface area contributed by atoms with Gasteiger partial charge in [0.1, 0.15) is 0 Å². The molecule has 0 heterocycles. The summed E-state index contributed by atoms with van der Waals surface area (Å²) in [4.78, 5) is 0. The summed E-state index contributed by atoms with van der Waals surface area (Å²) in [5.41, 5.74) is -0.0513. The lowest BCUT2D eigenvalue weighted by Gasteiger charge is -2.30. The second-order valence-electron chi connectivity index (χ2n) is 5.10. The molecule has 2 heteroatoms. The van der Waals surface area contributed by atoms with E-state index in [2.05, 4.69) is 46.9 Å². The van der Waals surface area contributed by atoms with Crippen molar-refractivity contribution in [3.8, 4) is 0 Å². The first-order chi connectivity index (χ1) is 6.37. The van der Waals surface area contributed by atoms with Crippen LogP contribution in [0, 0.1) is 5.92 Å². The average molecular weight is 201 g/mol. The molecule has 0 spiro atoms. The van der Waals surface area contributed by atoms with Gasteiger partial charge in [-0.25, -0.2) is 0 Å². The smallest absolute Gasteiger partial charge is 0.0753 e. The molecule has 0 rings (SSSR count). The molecule has 0 saturated heterocycles. The van der Waals surface area contributed by atoms with Crippen molar-refractivity contribution in [3.05, 3.63) is 0 Å². The molecule has 1 N–H and O–H groups in total. The van der Waals surface area contributed by atoms with Gasteiger partial charge in [-0.1, -0.05) is 20.8 Å². The maximum Gasteiger partial charge on any atom is 0.0753 e. The lowest BCUT2D eigenvalue weighted by molar-refractivity contribution is -0.0683. The zero-order valence-corrected chi connectivity index (χ0v) is 10.7. The van der Waals surface area contributed by atoms with E-state index in [-0.39, 0.29) is 5.60 Å². The molecule has 2 nitrogen and oxygen atoms in total. The lowest BCUT2D eigenvalue weighted by atomic mass is 10.1. The van der Waals surface area contributed by atoms with Crippen molar-refractivity contribution in [2.24, 2.45) is 5.92 Å². The SMILES string of the molecule is CCNCC(C)(C)OC(C)CC(C)C. The largest absolute Gasteiger partial charge is 0.371 e. The topological polar surface area (TPSA) is 21.3 Å². The maximum atomic E-state index is 5.99. The van der Waals surface area contributed by atoms with E-state index in [0.29, 0.717) is 12.0 Å². The molecule has 0 amide bonds. The molecule has 86 valence electrons. The summed E-state index contributed by atoms with van der Waals surface area (Å²) < 4.78 is 5.99. The summed E-state index contributed by atoms with van der Waals surface area (Å²) in [7, 11) is 0. The first-order valence-electron chi connectivity index (χ1n) is 5.76. The highest BCUT2D eigenvalue weighted by atomic mass is 16.5. The Labute approximate surface area is 89.4 Å². The van der Waals surface area contributed by atoms with Crippen molar-refractivity contribution in [2.45, 2.75) is 59.7 Å². The maximum absolute atomic E-state index is 5.99. The minimum atomic E-state index is -0.0513. The molecular formula is C12H27NO. The van der Waals surface area contributed by atoms with Crippen LogP contribution < -0.4 is 5.32 Å². The molecule has 0 aromatic carbocycles. The number of ether oxygens (including phenoxy) is 1. The molecule has 0 aliphatic carbocycles. The van der Waals surface area contributed by atoms with Gasteiger partial charge in [0.2, 0.25) is 0 Å². The van der Waals surface area contributed by atoms with E-state index in [9.17, 15) is 0 Å². The molecule has 14 heavy (non-hydrogen) atoms. The highest BCUT2D eigenvalue weighted by molar-refractivity contribution is 4.73. The molecule has 1 unspecified atom stereocenters. The fourth-order valence-corrected chi connectivity index (χ4v) is 1.72. The fourth-order valence-electron chi connectivity index (χ4n) is 1.72. The van der Waals surface area contributed by atoms with Crippen molar-refractivity contribution in [3.63, 3.8) is 0 Å². The van der Waals surface area contributed by atoms with E-state index >= 15 is 0 Å². The molecule has 0 bridgehead atoms. The Kier molecular flexibility index (Phi) is 6.38. The predicted molar refractivity (Wildman–Crippen MR) is 62.6 cm³/mol. The Morgan fingerprint density at radius 1 is 1.21 bits per heavy atom. The van der Waals surface area contributed by atoms with Crippen LogP contribution in [0.25, 0.3) is 0 Å². The number of hydrogen-bond acceptors (Lipinski definition) is 2. The zero-order valence-electron chi connectivity index (χ0n) is 10.7. The lowest BCUT2D eigenvalue weighted by Crippen LogP contribution is -2.40. The van der Waals surface area contributed by atoms with Gasteiger partial charge >= 0.3 is 0 Å².